The summed E-state index contributed by atoms with van der Waals surface area (Å²) in [7, 11) is 0. The number of benzene rings is 1. The minimum absolute atomic E-state index is 0.156. The van der Waals surface area contributed by atoms with Crippen LogP contribution in [0.4, 0.5) is 0 Å². The molecule has 2 heterocycles. The molecular weight excluding hydrogens is 250 g/mol. The van der Waals surface area contributed by atoms with Crippen LogP contribution in [0.2, 0.25) is 0 Å². The van der Waals surface area contributed by atoms with Crippen LogP contribution < -0.4 is 15.5 Å². The summed E-state index contributed by atoms with van der Waals surface area (Å²) >= 11 is 0. The molecule has 1 aromatic carbocycles. The molecule has 1 aromatic rings. The molecule has 1 fully saturated rings. The van der Waals surface area contributed by atoms with Crippen molar-refractivity contribution in [2.45, 2.75) is 38.8 Å². The van der Waals surface area contributed by atoms with E-state index in [2.05, 4.69) is 60.9 Å². The van der Waals surface area contributed by atoms with Crippen LogP contribution in [0.25, 0.3) is 0 Å². The lowest BCUT2D eigenvalue weighted by atomic mass is 9.87. The Morgan fingerprint density at radius 2 is 1.95 bits per heavy atom. The Bertz CT molecular complexity index is 501. The van der Waals surface area contributed by atoms with Crippen molar-refractivity contribution in [2.75, 3.05) is 13.1 Å². The molecule has 0 amide bonds. The van der Waals surface area contributed by atoms with Gasteiger partial charge in [-0.25, -0.2) is 0 Å². The van der Waals surface area contributed by atoms with Gasteiger partial charge in [-0.1, -0.05) is 12.1 Å². The number of piperidine rings is 1. The van der Waals surface area contributed by atoms with Gasteiger partial charge in [0, 0.05) is 31.1 Å². The zero-order chi connectivity index (χ0) is 14.2. The van der Waals surface area contributed by atoms with Gasteiger partial charge in [0.1, 0.15) is 11.4 Å². The van der Waals surface area contributed by atoms with E-state index in [-0.39, 0.29) is 5.60 Å². The molecule has 2 atom stereocenters. The van der Waals surface area contributed by atoms with Crippen LogP contribution in [0.3, 0.4) is 0 Å². The molecule has 4 heteroatoms. The fourth-order valence-electron chi connectivity index (χ4n) is 2.87. The second-order valence-corrected chi connectivity index (χ2v) is 6.55. The van der Waals surface area contributed by atoms with Crippen LogP contribution >= 0.6 is 0 Å². The largest absolute Gasteiger partial charge is 0.488 e. The summed E-state index contributed by atoms with van der Waals surface area (Å²) in [6.45, 7) is 8.24. The Morgan fingerprint density at radius 1 is 1.20 bits per heavy atom. The van der Waals surface area contributed by atoms with E-state index in [1.54, 1.807) is 0 Å². The van der Waals surface area contributed by atoms with E-state index in [4.69, 9.17) is 4.74 Å². The maximum atomic E-state index is 5.86. The van der Waals surface area contributed by atoms with Gasteiger partial charge in [-0.15, -0.1) is 0 Å². The Hall–Kier alpha value is -1.55. The van der Waals surface area contributed by atoms with E-state index < -0.39 is 0 Å². The third kappa shape index (κ3) is 2.80. The standard InChI is InChI=1S/C16H23N3O/c1-16(2,3)20-12-6-4-11(5-7-12)15-13-10-17-9-8-14(13)18-19-15/h4-7,13,15,17,19H,8-10H2,1-3H3. The molecule has 2 aliphatic rings. The van der Waals surface area contributed by atoms with Crippen molar-refractivity contribution in [1.82, 2.24) is 10.7 Å². The van der Waals surface area contributed by atoms with E-state index >= 15 is 0 Å². The SMILES string of the molecule is CC(C)(C)Oc1ccc(C2NN=C3CCNCC32)cc1. The average molecular weight is 273 g/mol. The predicted molar refractivity (Wildman–Crippen MR) is 81.1 cm³/mol. The first-order chi connectivity index (χ1) is 9.53. The molecule has 0 aliphatic carbocycles. The van der Waals surface area contributed by atoms with E-state index in [1.807, 2.05) is 0 Å². The van der Waals surface area contributed by atoms with Gasteiger partial charge < -0.3 is 15.5 Å². The quantitative estimate of drug-likeness (QED) is 0.870. The Kier molecular flexibility index (Phi) is 3.42. The number of rotatable bonds is 2. The topological polar surface area (TPSA) is 45.6 Å². The van der Waals surface area contributed by atoms with Crippen LogP contribution in [0.5, 0.6) is 5.75 Å². The molecule has 3 rings (SSSR count). The van der Waals surface area contributed by atoms with Crippen molar-refractivity contribution in [3.05, 3.63) is 29.8 Å². The summed E-state index contributed by atoms with van der Waals surface area (Å²) in [5.41, 5.74) is 5.72. The Balaban J connectivity index is 1.72. The summed E-state index contributed by atoms with van der Waals surface area (Å²) in [5, 5.41) is 7.95. The van der Waals surface area contributed by atoms with Gasteiger partial charge in [-0.3, -0.25) is 0 Å². The molecule has 0 bridgehead atoms. The van der Waals surface area contributed by atoms with Gasteiger partial charge in [0.25, 0.3) is 0 Å². The third-order valence-electron chi connectivity index (χ3n) is 3.76. The first kappa shape index (κ1) is 13.4. The lowest BCUT2D eigenvalue weighted by molar-refractivity contribution is 0.131. The number of hydrogen-bond acceptors (Lipinski definition) is 4. The highest BCUT2D eigenvalue weighted by Crippen LogP contribution is 2.31. The summed E-state index contributed by atoms with van der Waals surface area (Å²) in [4.78, 5) is 0. The minimum atomic E-state index is -0.156. The van der Waals surface area contributed by atoms with Crippen molar-refractivity contribution in [1.29, 1.82) is 0 Å². The lowest BCUT2D eigenvalue weighted by Crippen LogP contribution is -2.38. The first-order valence-electron chi connectivity index (χ1n) is 7.35. The van der Waals surface area contributed by atoms with Crippen LogP contribution in [-0.2, 0) is 0 Å². The zero-order valence-electron chi connectivity index (χ0n) is 12.4. The smallest absolute Gasteiger partial charge is 0.120 e. The Labute approximate surface area is 120 Å². The van der Waals surface area contributed by atoms with E-state index in [0.29, 0.717) is 12.0 Å². The number of hydrazone groups is 1. The lowest BCUT2D eigenvalue weighted by Gasteiger charge is -2.26. The van der Waals surface area contributed by atoms with Crippen molar-refractivity contribution in [2.24, 2.45) is 11.0 Å². The fraction of sp³-hybridized carbons (Fsp3) is 0.562. The monoisotopic (exact) mass is 273 g/mol. The summed E-state index contributed by atoms with van der Waals surface area (Å²) < 4.78 is 5.86. The molecule has 0 radical (unpaired) electrons. The van der Waals surface area contributed by atoms with Crippen molar-refractivity contribution < 1.29 is 4.74 Å². The molecule has 0 aromatic heterocycles. The molecule has 2 aliphatic heterocycles. The molecule has 20 heavy (non-hydrogen) atoms. The van der Waals surface area contributed by atoms with Crippen LogP contribution in [0, 0.1) is 5.92 Å². The molecule has 1 saturated heterocycles. The second-order valence-electron chi connectivity index (χ2n) is 6.55. The third-order valence-corrected chi connectivity index (χ3v) is 3.76. The number of hydrogen-bond donors (Lipinski definition) is 2. The van der Waals surface area contributed by atoms with Gasteiger partial charge >= 0.3 is 0 Å². The maximum Gasteiger partial charge on any atom is 0.120 e. The van der Waals surface area contributed by atoms with Crippen LogP contribution in [0.1, 0.15) is 38.8 Å². The fourth-order valence-corrected chi connectivity index (χ4v) is 2.87. The van der Waals surface area contributed by atoms with Gasteiger partial charge in [0.05, 0.1) is 6.04 Å². The Morgan fingerprint density at radius 3 is 2.65 bits per heavy atom. The number of nitrogens with one attached hydrogen (secondary N) is 2. The highest BCUT2D eigenvalue weighted by atomic mass is 16.5. The molecule has 4 nitrogen and oxygen atoms in total. The number of fused-ring (bicyclic) bond motifs is 1. The van der Waals surface area contributed by atoms with E-state index in [9.17, 15) is 0 Å². The summed E-state index contributed by atoms with van der Waals surface area (Å²) in [5.74, 6) is 1.40. The van der Waals surface area contributed by atoms with E-state index in [1.165, 1.54) is 11.3 Å². The number of nitrogens with zero attached hydrogens (tertiary/aromatic N) is 1. The highest BCUT2D eigenvalue weighted by Gasteiger charge is 2.34. The van der Waals surface area contributed by atoms with Crippen molar-refractivity contribution in [3.8, 4) is 5.75 Å². The zero-order valence-corrected chi connectivity index (χ0v) is 12.4. The second kappa shape index (κ2) is 5.09. The van der Waals surface area contributed by atoms with Crippen LogP contribution in [0.15, 0.2) is 29.4 Å². The molecule has 108 valence electrons. The molecule has 2 N–H and O–H groups in total. The number of ether oxygens (including phenoxy) is 1. The van der Waals surface area contributed by atoms with E-state index in [0.717, 1.165) is 25.3 Å². The highest BCUT2D eigenvalue weighted by molar-refractivity contribution is 5.89. The molecule has 0 saturated carbocycles. The molecule has 2 unspecified atom stereocenters. The van der Waals surface area contributed by atoms with Gasteiger partial charge in [-0.05, 0) is 38.5 Å². The minimum Gasteiger partial charge on any atom is -0.488 e. The first-order valence-corrected chi connectivity index (χ1v) is 7.35. The van der Waals surface area contributed by atoms with Gasteiger partial charge in [0.15, 0.2) is 0 Å². The molecular formula is C16H23N3O. The van der Waals surface area contributed by atoms with Crippen molar-refractivity contribution in [3.63, 3.8) is 0 Å². The van der Waals surface area contributed by atoms with Gasteiger partial charge in [0.2, 0.25) is 0 Å². The normalized spacial score (nSPS) is 25.6. The van der Waals surface area contributed by atoms with Crippen LogP contribution in [-0.4, -0.2) is 24.4 Å². The molecule has 0 spiro atoms. The summed E-state index contributed by atoms with van der Waals surface area (Å²) in [6.07, 6.45) is 1.05. The summed E-state index contributed by atoms with van der Waals surface area (Å²) in [6, 6.07) is 8.69. The average Bonchev–Trinajstić information content (AvgIpc) is 2.82. The van der Waals surface area contributed by atoms with Gasteiger partial charge in [-0.2, -0.15) is 5.10 Å². The maximum absolute atomic E-state index is 5.86. The predicted octanol–water partition coefficient (Wildman–Crippen LogP) is 2.47. The van der Waals surface area contributed by atoms with Crippen molar-refractivity contribution >= 4 is 5.71 Å².